The number of piperazine rings is 1. The topological polar surface area (TPSA) is 64.7 Å². The van der Waals surface area contributed by atoms with Crippen molar-refractivity contribution in [2.45, 2.75) is 13.8 Å². The van der Waals surface area contributed by atoms with Crippen molar-refractivity contribution in [3.8, 4) is 0 Å². The predicted octanol–water partition coefficient (Wildman–Crippen LogP) is 4.24. The van der Waals surface area contributed by atoms with E-state index in [0.717, 1.165) is 17.3 Å². The zero-order valence-electron chi connectivity index (χ0n) is 16.1. The molecule has 1 aliphatic heterocycles. The molecule has 0 saturated carbocycles. The summed E-state index contributed by atoms with van der Waals surface area (Å²) < 4.78 is 27.8. The molecule has 9 heteroatoms. The average molecular weight is 423 g/mol. The molecule has 2 N–H and O–H groups in total. The van der Waals surface area contributed by atoms with Gasteiger partial charge in [0.2, 0.25) is 5.91 Å². The second-order valence-electron chi connectivity index (χ2n) is 6.83. The number of aryl methyl sites for hydroxylation is 1. The van der Waals surface area contributed by atoms with Crippen LogP contribution in [0.4, 0.5) is 30.6 Å². The minimum absolute atomic E-state index is 0.199. The number of nitrogens with zero attached hydrogens (tertiary/aromatic N) is 2. The molecular formula is C20H21ClF2N4O2. The number of halogens is 3. The summed E-state index contributed by atoms with van der Waals surface area (Å²) in [5.41, 5.74) is 1.71. The van der Waals surface area contributed by atoms with Crippen molar-refractivity contribution in [1.29, 1.82) is 0 Å². The molecule has 0 atom stereocenters. The molecule has 0 unspecified atom stereocenters. The molecule has 0 radical (unpaired) electrons. The third kappa shape index (κ3) is 4.95. The molecule has 0 bridgehead atoms. The summed E-state index contributed by atoms with van der Waals surface area (Å²) in [5, 5.41) is 5.36. The van der Waals surface area contributed by atoms with Gasteiger partial charge < -0.3 is 20.4 Å². The first-order valence-corrected chi connectivity index (χ1v) is 9.46. The van der Waals surface area contributed by atoms with E-state index in [9.17, 15) is 18.4 Å². The molecule has 29 heavy (non-hydrogen) atoms. The zero-order chi connectivity index (χ0) is 21.1. The van der Waals surface area contributed by atoms with E-state index in [1.54, 1.807) is 4.90 Å². The van der Waals surface area contributed by atoms with Gasteiger partial charge in [-0.2, -0.15) is 0 Å². The maximum absolute atomic E-state index is 14.1. The van der Waals surface area contributed by atoms with E-state index in [0.29, 0.717) is 37.3 Å². The fourth-order valence-corrected chi connectivity index (χ4v) is 3.36. The molecular weight excluding hydrogens is 402 g/mol. The van der Waals surface area contributed by atoms with E-state index in [4.69, 9.17) is 11.6 Å². The number of rotatable bonds is 3. The number of carbonyl (C=O) groups is 2. The lowest BCUT2D eigenvalue weighted by Gasteiger charge is -2.36. The van der Waals surface area contributed by atoms with Crippen molar-refractivity contribution >= 4 is 40.6 Å². The number of amides is 3. The molecule has 1 aliphatic rings. The third-order valence-corrected chi connectivity index (χ3v) is 4.92. The Kier molecular flexibility index (Phi) is 6.22. The Labute approximate surface area is 172 Å². The third-order valence-electron chi connectivity index (χ3n) is 4.69. The van der Waals surface area contributed by atoms with Crippen LogP contribution >= 0.6 is 11.6 Å². The Morgan fingerprint density at radius 3 is 2.21 bits per heavy atom. The Bertz CT molecular complexity index is 946. The Hall–Kier alpha value is -2.87. The van der Waals surface area contributed by atoms with E-state index in [2.05, 4.69) is 15.5 Å². The van der Waals surface area contributed by atoms with Gasteiger partial charge in [-0.05, 0) is 30.7 Å². The maximum atomic E-state index is 14.1. The molecule has 2 aromatic rings. The highest BCUT2D eigenvalue weighted by Gasteiger charge is 2.23. The van der Waals surface area contributed by atoms with Crippen molar-refractivity contribution in [1.82, 2.24) is 4.90 Å². The van der Waals surface area contributed by atoms with Gasteiger partial charge in [0.1, 0.15) is 11.6 Å². The molecule has 0 spiro atoms. The largest absolute Gasteiger partial charge is 0.368 e. The Morgan fingerprint density at radius 2 is 1.59 bits per heavy atom. The molecule has 1 heterocycles. The average Bonchev–Trinajstić information content (AvgIpc) is 2.67. The van der Waals surface area contributed by atoms with E-state index in [1.165, 1.54) is 6.92 Å². The van der Waals surface area contributed by atoms with Gasteiger partial charge >= 0.3 is 6.03 Å². The monoisotopic (exact) mass is 422 g/mol. The van der Waals surface area contributed by atoms with E-state index in [1.807, 2.05) is 25.1 Å². The lowest BCUT2D eigenvalue weighted by Crippen LogP contribution is -2.50. The standard InChI is InChI=1S/C20H21ClF2N4O2/c1-12-3-4-14(21)9-19(12)26-5-7-27(8-6-26)20(29)25-18-11-17(24-13(2)28)15(22)10-16(18)23/h3-4,9-11H,5-8H2,1-2H3,(H,24,28)(H,25,29). The Balaban J connectivity index is 1.66. The highest BCUT2D eigenvalue weighted by Crippen LogP contribution is 2.26. The van der Waals surface area contributed by atoms with Crippen LogP contribution in [-0.2, 0) is 4.79 Å². The van der Waals surface area contributed by atoms with Crippen LogP contribution in [0.25, 0.3) is 0 Å². The minimum atomic E-state index is -0.918. The van der Waals surface area contributed by atoms with E-state index in [-0.39, 0.29) is 11.4 Å². The first-order chi connectivity index (χ1) is 13.7. The van der Waals surface area contributed by atoms with Gasteiger partial charge in [-0.25, -0.2) is 13.6 Å². The van der Waals surface area contributed by atoms with Crippen LogP contribution in [0, 0.1) is 18.6 Å². The second kappa shape index (κ2) is 8.65. The number of benzene rings is 2. The highest BCUT2D eigenvalue weighted by atomic mass is 35.5. The first kappa shape index (κ1) is 20.9. The summed E-state index contributed by atoms with van der Waals surface area (Å²) >= 11 is 6.09. The molecule has 2 aromatic carbocycles. The lowest BCUT2D eigenvalue weighted by molar-refractivity contribution is -0.114. The van der Waals surface area contributed by atoms with Gasteiger partial charge in [0.25, 0.3) is 0 Å². The molecule has 1 saturated heterocycles. The molecule has 6 nitrogen and oxygen atoms in total. The maximum Gasteiger partial charge on any atom is 0.322 e. The quantitative estimate of drug-likeness (QED) is 0.777. The number of hydrogen-bond acceptors (Lipinski definition) is 3. The number of carbonyl (C=O) groups excluding carboxylic acids is 2. The summed E-state index contributed by atoms with van der Waals surface area (Å²) in [4.78, 5) is 27.4. The van der Waals surface area contributed by atoms with Crippen molar-refractivity contribution in [3.63, 3.8) is 0 Å². The van der Waals surface area contributed by atoms with Crippen LogP contribution in [0.2, 0.25) is 5.02 Å². The lowest BCUT2D eigenvalue weighted by atomic mass is 10.1. The summed E-state index contributed by atoms with van der Waals surface area (Å²) in [7, 11) is 0. The highest BCUT2D eigenvalue weighted by molar-refractivity contribution is 6.30. The van der Waals surface area contributed by atoms with E-state index < -0.39 is 23.6 Å². The van der Waals surface area contributed by atoms with Crippen molar-refractivity contribution < 1.29 is 18.4 Å². The molecule has 0 aliphatic carbocycles. The molecule has 1 fully saturated rings. The molecule has 3 rings (SSSR count). The fourth-order valence-electron chi connectivity index (χ4n) is 3.20. The van der Waals surface area contributed by atoms with Gasteiger partial charge in [-0.1, -0.05) is 17.7 Å². The first-order valence-electron chi connectivity index (χ1n) is 9.08. The van der Waals surface area contributed by atoms with Crippen LogP contribution < -0.4 is 15.5 Å². The van der Waals surface area contributed by atoms with Crippen LogP contribution in [0.1, 0.15) is 12.5 Å². The van der Waals surface area contributed by atoms with Gasteiger partial charge in [0.05, 0.1) is 11.4 Å². The summed E-state index contributed by atoms with van der Waals surface area (Å²) in [5.74, 6) is -2.33. The number of anilines is 3. The van der Waals surface area contributed by atoms with Gasteiger partial charge in [-0.3, -0.25) is 4.79 Å². The SMILES string of the molecule is CC(=O)Nc1cc(NC(=O)N2CCN(c3cc(Cl)ccc3C)CC2)c(F)cc1F. The minimum Gasteiger partial charge on any atom is -0.368 e. The molecule has 3 amide bonds. The summed E-state index contributed by atoms with van der Waals surface area (Å²) in [6, 6.07) is 6.87. The smallest absolute Gasteiger partial charge is 0.322 e. The fraction of sp³-hybridized carbons (Fsp3) is 0.300. The van der Waals surface area contributed by atoms with Crippen molar-refractivity contribution in [2.75, 3.05) is 41.7 Å². The molecule has 0 aromatic heterocycles. The van der Waals surface area contributed by atoms with Gasteiger partial charge in [0, 0.05) is 49.9 Å². The Morgan fingerprint density at radius 1 is 0.966 bits per heavy atom. The predicted molar refractivity (Wildman–Crippen MR) is 110 cm³/mol. The van der Waals surface area contributed by atoms with Crippen LogP contribution in [0.15, 0.2) is 30.3 Å². The van der Waals surface area contributed by atoms with Gasteiger partial charge in [-0.15, -0.1) is 0 Å². The molecule has 154 valence electrons. The number of nitrogens with one attached hydrogen (secondary N) is 2. The number of hydrogen-bond donors (Lipinski definition) is 2. The van der Waals surface area contributed by atoms with Crippen LogP contribution in [0.3, 0.4) is 0 Å². The van der Waals surface area contributed by atoms with Gasteiger partial charge in [0.15, 0.2) is 0 Å². The zero-order valence-corrected chi connectivity index (χ0v) is 16.8. The normalized spacial score (nSPS) is 14.0. The van der Waals surface area contributed by atoms with Crippen LogP contribution in [-0.4, -0.2) is 43.0 Å². The summed E-state index contributed by atoms with van der Waals surface area (Å²) in [6.45, 7) is 5.25. The van der Waals surface area contributed by atoms with Crippen LogP contribution in [0.5, 0.6) is 0 Å². The van der Waals surface area contributed by atoms with E-state index >= 15 is 0 Å². The number of urea groups is 1. The van der Waals surface area contributed by atoms with Crippen molar-refractivity contribution in [2.24, 2.45) is 0 Å². The summed E-state index contributed by atoms with van der Waals surface area (Å²) in [6.07, 6.45) is 0. The van der Waals surface area contributed by atoms with Crippen molar-refractivity contribution in [3.05, 3.63) is 52.6 Å². The second-order valence-corrected chi connectivity index (χ2v) is 7.26.